The number of pyridine rings is 1. The Morgan fingerprint density at radius 3 is 2.73 bits per heavy atom. The minimum atomic E-state index is 0.388. The van der Waals surface area contributed by atoms with Gasteiger partial charge in [0.25, 0.3) is 0 Å². The molecule has 0 aliphatic heterocycles. The number of aromatic nitrogens is 1. The van der Waals surface area contributed by atoms with E-state index < -0.39 is 0 Å². The molecule has 0 radical (unpaired) electrons. The third-order valence-corrected chi connectivity index (χ3v) is 2.43. The number of anilines is 1. The van der Waals surface area contributed by atoms with E-state index in [0.717, 1.165) is 11.6 Å². The summed E-state index contributed by atoms with van der Waals surface area (Å²) in [5, 5.41) is 3.36. The van der Waals surface area contributed by atoms with E-state index in [0.29, 0.717) is 18.6 Å². The molecule has 0 aliphatic carbocycles. The van der Waals surface area contributed by atoms with Crippen LogP contribution in [0.1, 0.15) is 27.7 Å². The first-order chi connectivity index (χ1) is 7.15. The lowest BCUT2D eigenvalue weighted by molar-refractivity contribution is 0.340. The molecule has 1 unspecified atom stereocenters. The molecule has 1 aromatic heterocycles. The summed E-state index contributed by atoms with van der Waals surface area (Å²) in [5.74, 6) is 2.23. The van der Waals surface area contributed by atoms with Crippen LogP contribution in [0.15, 0.2) is 18.3 Å². The summed E-state index contributed by atoms with van der Waals surface area (Å²) < 4.78 is 5.49. The maximum Gasteiger partial charge on any atom is 0.168 e. The first kappa shape index (κ1) is 11.8. The average Bonchev–Trinajstić information content (AvgIpc) is 2.21. The molecule has 1 heterocycles. The quantitative estimate of drug-likeness (QED) is 0.807. The highest BCUT2D eigenvalue weighted by Crippen LogP contribution is 2.22. The Kier molecular flexibility index (Phi) is 4.40. The molecular formula is C12H20N2O. The summed E-state index contributed by atoms with van der Waals surface area (Å²) in [6.07, 6.45) is 1.78. The molecule has 3 nitrogen and oxygen atoms in total. The van der Waals surface area contributed by atoms with Crippen molar-refractivity contribution < 1.29 is 4.74 Å². The van der Waals surface area contributed by atoms with Crippen LogP contribution in [0.5, 0.6) is 5.75 Å². The standard InChI is InChI=1S/C12H20N2O/c1-5-15-11-7-6-8-13-12(11)14-10(4)9(2)3/h6-10H,5H2,1-4H3,(H,13,14). The van der Waals surface area contributed by atoms with E-state index in [-0.39, 0.29) is 0 Å². The van der Waals surface area contributed by atoms with Crippen LogP contribution < -0.4 is 10.1 Å². The Morgan fingerprint density at radius 2 is 2.13 bits per heavy atom. The van der Waals surface area contributed by atoms with E-state index in [2.05, 4.69) is 31.1 Å². The number of hydrogen-bond acceptors (Lipinski definition) is 3. The van der Waals surface area contributed by atoms with Crippen molar-refractivity contribution in [1.82, 2.24) is 4.98 Å². The Labute approximate surface area is 91.9 Å². The van der Waals surface area contributed by atoms with Gasteiger partial charge in [-0.25, -0.2) is 4.98 Å². The van der Waals surface area contributed by atoms with Crippen molar-refractivity contribution >= 4 is 5.82 Å². The van der Waals surface area contributed by atoms with E-state index >= 15 is 0 Å². The summed E-state index contributed by atoms with van der Waals surface area (Å²) in [6, 6.07) is 4.21. The maximum atomic E-state index is 5.49. The van der Waals surface area contributed by atoms with Gasteiger partial charge in [-0.15, -0.1) is 0 Å². The number of ether oxygens (including phenoxy) is 1. The van der Waals surface area contributed by atoms with Crippen LogP contribution in [-0.2, 0) is 0 Å². The summed E-state index contributed by atoms with van der Waals surface area (Å²) in [6.45, 7) is 9.15. The molecule has 0 bridgehead atoms. The van der Waals surface area contributed by atoms with Crippen molar-refractivity contribution in [3.8, 4) is 5.75 Å². The van der Waals surface area contributed by atoms with Crippen LogP contribution in [0.25, 0.3) is 0 Å². The van der Waals surface area contributed by atoms with Gasteiger partial charge in [0.2, 0.25) is 0 Å². The van der Waals surface area contributed by atoms with Gasteiger partial charge in [0.15, 0.2) is 11.6 Å². The molecule has 84 valence electrons. The first-order valence-electron chi connectivity index (χ1n) is 5.49. The van der Waals surface area contributed by atoms with E-state index in [1.54, 1.807) is 6.20 Å². The molecule has 1 aromatic rings. The van der Waals surface area contributed by atoms with Crippen LogP contribution in [0.3, 0.4) is 0 Å². The fourth-order valence-electron chi connectivity index (χ4n) is 1.15. The molecule has 1 atom stereocenters. The zero-order chi connectivity index (χ0) is 11.3. The monoisotopic (exact) mass is 208 g/mol. The maximum absolute atomic E-state index is 5.49. The lowest BCUT2D eigenvalue weighted by Gasteiger charge is -2.19. The zero-order valence-electron chi connectivity index (χ0n) is 9.95. The minimum absolute atomic E-state index is 0.388. The van der Waals surface area contributed by atoms with Gasteiger partial charge in [0.05, 0.1) is 6.61 Å². The number of rotatable bonds is 5. The van der Waals surface area contributed by atoms with Crippen LogP contribution >= 0.6 is 0 Å². The second kappa shape index (κ2) is 5.59. The number of nitrogens with one attached hydrogen (secondary N) is 1. The molecule has 0 spiro atoms. The highest BCUT2D eigenvalue weighted by Gasteiger charge is 2.10. The lowest BCUT2D eigenvalue weighted by atomic mass is 10.1. The van der Waals surface area contributed by atoms with E-state index in [9.17, 15) is 0 Å². The fourth-order valence-corrected chi connectivity index (χ4v) is 1.15. The Hall–Kier alpha value is -1.25. The topological polar surface area (TPSA) is 34.1 Å². The number of nitrogens with zero attached hydrogens (tertiary/aromatic N) is 1. The van der Waals surface area contributed by atoms with Gasteiger partial charge in [0, 0.05) is 12.2 Å². The van der Waals surface area contributed by atoms with Gasteiger partial charge < -0.3 is 10.1 Å². The molecule has 0 fully saturated rings. The van der Waals surface area contributed by atoms with E-state index in [4.69, 9.17) is 4.74 Å². The van der Waals surface area contributed by atoms with Gasteiger partial charge in [-0.2, -0.15) is 0 Å². The van der Waals surface area contributed by atoms with E-state index in [1.807, 2.05) is 19.1 Å². The fraction of sp³-hybridized carbons (Fsp3) is 0.583. The van der Waals surface area contributed by atoms with Crippen molar-refractivity contribution in [3.63, 3.8) is 0 Å². The van der Waals surface area contributed by atoms with E-state index in [1.165, 1.54) is 0 Å². The zero-order valence-corrected chi connectivity index (χ0v) is 9.95. The van der Waals surface area contributed by atoms with Crippen LogP contribution in [0.4, 0.5) is 5.82 Å². The molecule has 0 amide bonds. The third-order valence-electron chi connectivity index (χ3n) is 2.43. The number of hydrogen-bond donors (Lipinski definition) is 1. The van der Waals surface area contributed by atoms with Crippen LogP contribution in [0, 0.1) is 5.92 Å². The van der Waals surface area contributed by atoms with Crippen molar-refractivity contribution in [2.75, 3.05) is 11.9 Å². The molecule has 15 heavy (non-hydrogen) atoms. The molecule has 1 N–H and O–H groups in total. The van der Waals surface area contributed by atoms with Crippen molar-refractivity contribution in [1.29, 1.82) is 0 Å². The largest absolute Gasteiger partial charge is 0.490 e. The normalized spacial score (nSPS) is 12.6. The van der Waals surface area contributed by atoms with Crippen LogP contribution in [-0.4, -0.2) is 17.6 Å². The summed E-state index contributed by atoms with van der Waals surface area (Å²) in [4.78, 5) is 4.28. The smallest absolute Gasteiger partial charge is 0.168 e. The summed E-state index contributed by atoms with van der Waals surface area (Å²) in [5.41, 5.74) is 0. The summed E-state index contributed by atoms with van der Waals surface area (Å²) in [7, 11) is 0. The molecule has 0 aromatic carbocycles. The van der Waals surface area contributed by atoms with Crippen molar-refractivity contribution in [2.24, 2.45) is 5.92 Å². The predicted molar refractivity (Wildman–Crippen MR) is 63.3 cm³/mol. The molecular weight excluding hydrogens is 188 g/mol. The molecule has 1 rings (SSSR count). The van der Waals surface area contributed by atoms with Gasteiger partial charge in [-0.3, -0.25) is 0 Å². The molecule has 0 aliphatic rings. The molecule has 0 saturated carbocycles. The molecule has 3 heteroatoms. The Bertz CT molecular complexity index is 299. The van der Waals surface area contributed by atoms with Gasteiger partial charge in [-0.1, -0.05) is 13.8 Å². The predicted octanol–water partition coefficient (Wildman–Crippen LogP) is 2.94. The molecule has 0 saturated heterocycles. The SMILES string of the molecule is CCOc1cccnc1NC(C)C(C)C. The van der Waals surface area contributed by atoms with Crippen molar-refractivity contribution in [2.45, 2.75) is 33.7 Å². The summed E-state index contributed by atoms with van der Waals surface area (Å²) >= 11 is 0. The van der Waals surface area contributed by atoms with Gasteiger partial charge in [-0.05, 0) is 31.9 Å². The Morgan fingerprint density at radius 1 is 1.40 bits per heavy atom. The van der Waals surface area contributed by atoms with Crippen molar-refractivity contribution in [3.05, 3.63) is 18.3 Å². The minimum Gasteiger partial charge on any atom is -0.490 e. The first-order valence-corrected chi connectivity index (χ1v) is 5.49. The van der Waals surface area contributed by atoms with Gasteiger partial charge >= 0.3 is 0 Å². The Balaban J connectivity index is 2.74. The highest BCUT2D eigenvalue weighted by molar-refractivity contribution is 5.50. The average molecular weight is 208 g/mol. The third kappa shape index (κ3) is 3.42. The van der Waals surface area contributed by atoms with Gasteiger partial charge in [0.1, 0.15) is 0 Å². The highest BCUT2D eigenvalue weighted by atomic mass is 16.5. The second-order valence-corrected chi connectivity index (χ2v) is 3.96. The lowest BCUT2D eigenvalue weighted by Crippen LogP contribution is -2.22. The second-order valence-electron chi connectivity index (χ2n) is 3.96. The van der Waals surface area contributed by atoms with Crippen LogP contribution in [0.2, 0.25) is 0 Å².